The number of hydrogen-bond donors (Lipinski definition) is 4. The zero-order valence-corrected chi connectivity index (χ0v) is 11.9. The van der Waals surface area contributed by atoms with Gasteiger partial charge in [-0.2, -0.15) is 0 Å². The lowest BCUT2D eigenvalue weighted by molar-refractivity contribution is -0.139. The molecule has 1 atom stereocenters. The maximum atomic E-state index is 11.1. The summed E-state index contributed by atoms with van der Waals surface area (Å²) in [5, 5.41) is 12.1. The first-order valence-electron chi connectivity index (χ1n) is 6.59. The van der Waals surface area contributed by atoms with Crippen molar-refractivity contribution >= 4 is 11.9 Å². The average molecular weight is 273 g/mol. The third-order valence-electron chi connectivity index (χ3n) is 2.67. The van der Waals surface area contributed by atoms with Gasteiger partial charge in [0.2, 0.25) is 0 Å². The second-order valence-electron chi connectivity index (χ2n) is 4.80. The van der Waals surface area contributed by atoms with E-state index >= 15 is 0 Å². The van der Waals surface area contributed by atoms with E-state index in [4.69, 9.17) is 16.6 Å². The quantitative estimate of drug-likeness (QED) is 0.227. The molecule has 0 fully saturated rings. The average Bonchev–Trinajstić information content (AvgIpc) is 2.30. The van der Waals surface area contributed by atoms with Crippen molar-refractivity contribution in [3.63, 3.8) is 0 Å². The molecule has 0 rings (SSSR count). The molecule has 7 heteroatoms. The highest BCUT2D eigenvalue weighted by molar-refractivity contribution is 5.75. The molecule has 0 aromatic carbocycles. The highest BCUT2D eigenvalue weighted by Gasteiger charge is 2.15. The number of aliphatic imine (C=N–C) groups is 1. The first kappa shape index (κ1) is 17.7. The predicted octanol–water partition coefficient (Wildman–Crippen LogP) is -0.575. The van der Waals surface area contributed by atoms with Crippen LogP contribution in [0.4, 0.5) is 0 Å². The molecule has 0 aliphatic heterocycles. The number of hydrogen-bond acceptors (Lipinski definition) is 4. The lowest BCUT2D eigenvalue weighted by Gasteiger charge is -2.15. The summed E-state index contributed by atoms with van der Waals surface area (Å²) >= 11 is 0. The topological polar surface area (TPSA) is 117 Å². The van der Waals surface area contributed by atoms with Gasteiger partial charge >= 0.3 is 5.97 Å². The maximum Gasteiger partial charge on any atom is 0.320 e. The molecule has 0 bridgehead atoms. The van der Waals surface area contributed by atoms with E-state index in [1.54, 1.807) is 0 Å². The van der Waals surface area contributed by atoms with Crippen LogP contribution < -0.4 is 16.8 Å². The Balaban J connectivity index is 3.74. The van der Waals surface area contributed by atoms with Crippen LogP contribution in [0.25, 0.3) is 0 Å². The van der Waals surface area contributed by atoms with Crippen molar-refractivity contribution in [3.8, 4) is 0 Å². The lowest BCUT2D eigenvalue weighted by atomic mass is 10.1. The number of guanidine groups is 1. The van der Waals surface area contributed by atoms with E-state index in [0.717, 1.165) is 25.8 Å². The molecule has 0 spiro atoms. The Morgan fingerprint density at radius 3 is 2.53 bits per heavy atom. The Labute approximate surface area is 115 Å². The minimum absolute atomic E-state index is 0.0802. The van der Waals surface area contributed by atoms with Crippen molar-refractivity contribution < 1.29 is 9.90 Å². The Morgan fingerprint density at radius 2 is 2.00 bits per heavy atom. The summed E-state index contributed by atoms with van der Waals surface area (Å²) in [5.74, 6) is -0.719. The van der Waals surface area contributed by atoms with Crippen LogP contribution in [0.3, 0.4) is 0 Å². The molecule has 0 aliphatic carbocycles. The molecule has 0 aliphatic rings. The predicted molar refractivity (Wildman–Crippen MR) is 77.1 cm³/mol. The van der Waals surface area contributed by atoms with Crippen molar-refractivity contribution in [3.05, 3.63) is 0 Å². The largest absolute Gasteiger partial charge is 0.480 e. The second kappa shape index (κ2) is 10.6. The number of nitrogens with two attached hydrogens (primary N) is 2. The number of carboxylic acids is 1. The molecule has 0 amide bonds. The Kier molecular flexibility index (Phi) is 9.82. The molecule has 0 aromatic rings. The number of nitrogens with one attached hydrogen (secondary N) is 1. The molecule has 112 valence electrons. The van der Waals surface area contributed by atoms with Gasteiger partial charge in [0.1, 0.15) is 6.04 Å². The fourth-order valence-electron chi connectivity index (χ4n) is 1.65. The van der Waals surface area contributed by atoms with E-state index in [1.807, 2.05) is 14.1 Å². The summed E-state index contributed by atoms with van der Waals surface area (Å²) in [6.07, 6.45) is 3.11. The Morgan fingerprint density at radius 1 is 1.32 bits per heavy atom. The van der Waals surface area contributed by atoms with Crippen molar-refractivity contribution in [1.82, 2.24) is 10.2 Å². The third-order valence-corrected chi connectivity index (χ3v) is 2.67. The second-order valence-corrected chi connectivity index (χ2v) is 4.80. The smallest absolute Gasteiger partial charge is 0.320 e. The van der Waals surface area contributed by atoms with Gasteiger partial charge in [0, 0.05) is 6.54 Å². The summed E-state index contributed by atoms with van der Waals surface area (Å²) in [7, 11) is 4.00. The lowest BCUT2D eigenvalue weighted by Crippen LogP contribution is -2.38. The first-order chi connectivity index (χ1) is 8.93. The van der Waals surface area contributed by atoms with Gasteiger partial charge in [0.25, 0.3) is 0 Å². The number of carbonyl (C=O) groups is 1. The molecule has 0 unspecified atom stereocenters. The molecule has 0 saturated carbocycles. The Hall–Kier alpha value is -1.34. The van der Waals surface area contributed by atoms with Gasteiger partial charge in [-0.1, -0.05) is 0 Å². The van der Waals surface area contributed by atoms with Crippen molar-refractivity contribution in [1.29, 1.82) is 0 Å². The SMILES string of the molecule is CN(C)CCCN[C@@H](CCCCN=C(N)N)C(=O)O. The first-order valence-corrected chi connectivity index (χ1v) is 6.59. The van der Waals surface area contributed by atoms with Gasteiger partial charge < -0.3 is 26.8 Å². The number of unbranched alkanes of at least 4 members (excludes halogenated alkanes) is 1. The summed E-state index contributed by atoms with van der Waals surface area (Å²) in [6, 6.07) is -0.485. The van der Waals surface area contributed by atoms with Gasteiger partial charge in [0.05, 0.1) is 0 Å². The highest BCUT2D eigenvalue weighted by Crippen LogP contribution is 2.02. The molecule has 19 heavy (non-hydrogen) atoms. The monoisotopic (exact) mass is 273 g/mol. The molecule has 0 saturated heterocycles. The standard InChI is InChI=1S/C12H27N5O2/c1-17(2)9-5-8-15-10(11(18)19)6-3-4-7-16-12(13)14/h10,15H,3-9H2,1-2H3,(H,18,19)(H4,13,14,16)/t10-/m0/s1. The van der Waals surface area contributed by atoms with Gasteiger partial charge in [-0.15, -0.1) is 0 Å². The maximum absolute atomic E-state index is 11.1. The summed E-state index contributed by atoms with van der Waals surface area (Å²) < 4.78 is 0. The van der Waals surface area contributed by atoms with E-state index in [9.17, 15) is 4.79 Å². The van der Waals surface area contributed by atoms with Crippen LogP contribution in [-0.4, -0.2) is 61.7 Å². The number of carboxylic acid groups (broad SMARTS) is 1. The van der Waals surface area contributed by atoms with E-state index in [0.29, 0.717) is 19.5 Å². The molecular weight excluding hydrogens is 246 g/mol. The number of nitrogens with zero attached hydrogens (tertiary/aromatic N) is 2. The number of rotatable bonds is 11. The van der Waals surface area contributed by atoms with Crippen LogP contribution in [0.1, 0.15) is 25.7 Å². The molecule has 0 aromatic heterocycles. The fraction of sp³-hybridized carbons (Fsp3) is 0.833. The molecule has 6 N–H and O–H groups in total. The minimum Gasteiger partial charge on any atom is -0.480 e. The zero-order chi connectivity index (χ0) is 14.7. The molecule has 0 radical (unpaired) electrons. The van der Waals surface area contributed by atoms with Crippen molar-refractivity contribution in [2.24, 2.45) is 16.5 Å². The van der Waals surface area contributed by atoms with Gasteiger partial charge in [-0.3, -0.25) is 9.79 Å². The van der Waals surface area contributed by atoms with E-state index < -0.39 is 12.0 Å². The van der Waals surface area contributed by atoms with Crippen LogP contribution in [0.15, 0.2) is 4.99 Å². The van der Waals surface area contributed by atoms with E-state index in [1.165, 1.54) is 0 Å². The van der Waals surface area contributed by atoms with E-state index in [2.05, 4.69) is 15.2 Å². The van der Waals surface area contributed by atoms with Crippen LogP contribution >= 0.6 is 0 Å². The summed E-state index contributed by atoms with van der Waals surface area (Å²) in [6.45, 7) is 2.21. The minimum atomic E-state index is -0.799. The van der Waals surface area contributed by atoms with Crippen molar-refractivity contribution in [2.75, 3.05) is 33.7 Å². The van der Waals surface area contributed by atoms with E-state index in [-0.39, 0.29) is 5.96 Å². The third kappa shape index (κ3) is 11.5. The van der Waals surface area contributed by atoms with Crippen LogP contribution in [0.2, 0.25) is 0 Å². The van der Waals surface area contributed by atoms with Crippen LogP contribution in [-0.2, 0) is 4.79 Å². The van der Waals surface area contributed by atoms with Crippen LogP contribution in [0, 0.1) is 0 Å². The molecular formula is C12H27N5O2. The normalized spacial score (nSPS) is 12.4. The molecule has 7 nitrogen and oxygen atoms in total. The Bertz CT molecular complexity index is 277. The van der Waals surface area contributed by atoms with Crippen molar-refractivity contribution in [2.45, 2.75) is 31.7 Å². The molecule has 0 heterocycles. The van der Waals surface area contributed by atoms with Gasteiger partial charge in [-0.25, -0.2) is 0 Å². The van der Waals surface area contributed by atoms with Gasteiger partial charge in [0.15, 0.2) is 5.96 Å². The van der Waals surface area contributed by atoms with Crippen LogP contribution in [0.5, 0.6) is 0 Å². The fourth-order valence-corrected chi connectivity index (χ4v) is 1.65. The van der Waals surface area contributed by atoms with Gasteiger partial charge in [-0.05, 0) is 52.9 Å². The highest BCUT2D eigenvalue weighted by atomic mass is 16.4. The summed E-state index contributed by atoms with van der Waals surface area (Å²) in [4.78, 5) is 17.0. The zero-order valence-electron chi connectivity index (χ0n) is 11.9. The number of aliphatic carboxylic acids is 1. The summed E-state index contributed by atoms with van der Waals surface area (Å²) in [5.41, 5.74) is 10.4.